The average molecular weight is 358 g/mol. The van der Waals surface area contributed by atoms with Crippen LogP contribution in [0.5, 0.6) is 0 Å². The highest BCUT2D eigenvalue weighted by molar-refractivity contribution is 5.91. The number of halogens is 1. The summed E-state index contributed by atoms with van der Waals surface area (Å²) in [6.45, 7) is 1.55. The van der Waals surface area contributed by atoms with Crippen molar-refractivity contribution in [3.8, 4) is 0 Å². The van der Waals surface area contributed by atoms with Gasteiger partial charge in [-0.05, 0) is 43.4 Å². The van der Waals surface area contributed by atoms with E-state index in [1.807, 2.05) is 0 Å². The van der Waals surface area contributed by atoms with Crippen LogP contribution in [0.4, 0.5) is 4.39 Å². The Balaban J connectivity index is 1.43. The Morgan fingerprint density at radius 2 is 2.08 bits per heavy atom. The fraction of sp³-hybridized carbons (Fsp3) is 0.400. The van der Waals surface area contributed by atoms with Gasteiger partial charge in [0.15, 0.2) is 5.76 Å². The number of carbonyl (C=O) groups excluding carboxylic acids is 2. The Labute approximate surface area is 152 Å². The van der Waals surface area contributed by atoms with Crippen LogP contribution in [0.1, 0.15) is 41.8 Å². The number of hydrogen-bond donors (Lipinski definition) is 1. The monoisotopic (exact) mass is 358 g/mol. The van der Waals surface area contributed by atoms with Crippen molar-refractivity contribution in [2.45, 2.75) is 32.2 Å². The second-order valence-electron chi connectivity index (χ2n) is 6.64. The van der Waals surface area contributed by atoms with E-state index in [-0.39, 0.29) is 24.2 Å². The van der Waals surface area contributed by atoms with Gasteiger partial charge in [-0.15, -0.1) is 0 Å². The summed E-state index contributed by atoms with van der Waals surface area (Å²) in [5.41, 5.74) is 0.480. The Morgan fingerprint density at radius 1 is 1.23 bits per heavy atom. The van der Waals surface area contributed by atoms with Gasteiger partial charge in [0.1, 0.15) is 5.82 Å². The lowest BCUT2D eigenvalue weighted by atomic mass is 9.93. The summed E-state index contributed by atoms with van der Waals surface area (Å²) in [5.74, 6) is 0.147. The maximum atomic E-state index is 13.6. The first-order valence-electron chi connectivity index (χ1n) is 8.96. The molecule has 0 unspecified atom stereocenters. The molecule has 1 N–H and O–H groups in total. The van der Waals surface area contributed by atoms with Crippen LogP contribution in [0.2, 0.25) is 0 Å². The molecule has 5 nitrogen and oxygen atoms in total. The summed E-state index contributed by atoms with van der Waals surface area (Å²) in [6.07, 6.45) is 4.51. The number of amides is 2. The fourth-order valence-corrected chi connectivity index (χ4v) is 3.30. The van der Waals surface area contributed by atoms with Crippen molar-refractivity contribution in [2.75, 3.05) is 13.1 Å². The normalized spacial score (nSPS) is 17.1. The van der Waals surface area contributed by atoms with Crippen LogP contribution < -0.4 is 5.32 Å². The van der Waals surface area contributed by atoms with Crippen LogP contribution in [-0.4, -0.2) is 29.8 Å². The molecule has 1 saturated heterocycles. The number of furan rings is 1. The van der Waals surface area contributed by atoms with E-state index < -0.39 is 0 Å². The summed E-state index contributed by atoms with van der Waals surface area (Å²) in [6, 6.07) is 9.79. The highest BCUT2D eigenvalue weighted by atomic mass is 19.1. The van der Waals surface area contributed by atoms with Gasteiger partial charge in [-0.1, -0.05) is 18.2 Å². The minimum atomic E-state index is -0.313. The number of benzene rings is 1. The summed E-state index contributed by atoms with van der Waals surface area (Å²) in [4.78, 5) is 26.2. The van der Waals surface area contributed by atoms with Crippen LogP contribution in [0.25, 0.3) is 0 Å². The zero-order valence-corrected chi connectivity index (χ0v) is 14.6. The molecule has 1 aromatic carbocycles. The molecule has 26 heavy (non-hydrogen) atoms. The third-order valence-corrected chi connectivity index (χ3v) is 4.75. The minimum Gasteiger partial charge on any atom is -0.459 e. The van der Waals surface area contributed by atoms with Gasteiger partial charge in [0.25, 0.3) is 5.91 Å². The molecule has 0 bridgehead atoms. The molecule has 2 heterocycles. The van der Waals surface area contributed by atoms with E-state index in [1.165, 1.54) is 12.3 Å². The number of carbonyl (C=O) groups is 2. The minimum absolute atomic E-state index is 0.0938. The fourth-order valence-electron chi connectivity index (χ4n) is 3.30. The van der Waals surface area contributed by atoms with Crippen LogP contribution in [0, 0.1) is 11.7 Å². The maximum Gasteiger partial charge on any atom is 0.289 e. The van der Waals surface area contributed by atoms with E-state index >= 15 is 0 Å². The van der Waals surface area contributed by atoms with Crippen LogP contribution in [-0.2, 0) is 11.3 Å². The number of nitrogens with zero attached hydrogens (tertiary/aromatic N) is 1. The highest BCUT2D eigenvalue weighted by Crippen LogP contribution is 2.22. The van der Waals surface area contributed by atoms with Crippen molar-refractivity contribution in [1.29, 1.82) is 0 Å². The van der Waals surface area contributed by atoms with Crippen LogP contribution in [0.15, 0.2) is 47.1 Å². The van der Waals surface area contributed by atoms with Crippen molar-refractivity contribution in [1.82, 2.24) is 10.2 Å². The van der Waals surface area contributed by atoms with Gasteiger partial charge < -0.3 is 14.6 Å². The van der Waals surface area contributed by atoms with Crippen molar-refractivity contribution in [3.63, 3.8) is 0 Å². The van der Waals surface area contributed by atoms with Crippen molar-refractivity contribution >= 4 is 11.8 Å². The highest BCUT2D eigenvalue weighted by Gasteiger charge is 2.26. The quantitative estimate of drug-likeness (QED) is 0.861. The standard InChI is InChI=1S/C20H23FN2O3/c21-17-7-2-1-6-16(17)13-22-19(24)10-9-15-5-3-11-23(14-15)20(25)18-8-4-12-26-18/h1-2,4,6-8,12,15H,3,5,9-11,13-14H2,(H,22,24)/t15-/m1/s1. The third kappa shape index (κ3) is 4.71. The summed E-state index contributed by atoms with van der Waals surface area (Å²) in [5, 5.41) is 2.76. The van der Waals surface area contributed by atoms with Crippen LogP contribution >= 0.6 is 0 Å². The topological polar surface area (TPSA) is 62.6 Å². The first kappa shape index (κ1) is 18.2. The van der Waals surface area contributed by atoms with Gasteiger partial charge in [0.2, 0.25) is 5.91 Å². The lowest BCUT2D eigenvalue weighted by Crippen LogP contribution is -2.40. The molecule has 0 spiro atoms. The van der Waals surface area contributed by atoms with Gasteiger partial charge in [-0.3, -0.25) is 9.59 Å². The molecule has 6 heteroatoms. The van der Waals surface area contributed by atoms with Crippen molar-refractivity contribution < 1.29 is 18.4 Å². The van der Waals surface area contributed by atoms with E-state index in [4.69, 9.17) is 4.42 Å². The molecule has 0 aliphatic carbocycles. The summed E-state index contributed by atoms with van der Waals surface area (Å²) >= 11 is 0. The largest absolute Gasteiger partial charge is 0.459 e. The number of hydrogen-bond acceptors (Lipinski definition) is 3. The molecule has 1 atom stereocenters. The lowest BCUT2D eigenvalue weighted by molar-refractivity contribution is -0.121. The predicted molar refractivity (Wildman–Crippen MR) is 94.8 cm³/mol. The number of nitrogens with one attached hydrogen (secondary N) is 1. The van der Waals surface area contributed by atoms with Gasteiger partial charge in [0.05, 0.1) is 6.26 Å². The van der Waals surface area contributed by atoms with E-state index in [0.717, 1.165) is 19.4 Å². The average Bonchev–Trinajstić information content (AvgIpc) is 3.20. The smallest absolute Gasteiger partial charge is 0.289 e. The number of rotatable bonds is 6. The van der Waals surface area contributed by atoms with E-state index in [1.54, 1.807) is 35.2 Å². The molecule has 2 aromatic rings. The molecule has 1 aliphatic rings. The van der Waals surface area contributed by atoms with Crippen molar-refractivity contribution in [3.05, 3.63) is 59.8 Å². The molecule has 3 rings (SSSR count). The summed E-state index contributed by atoms with van der Waals surface area (Å²) < 4.78 is 18.7. The van der Waals surface area contributed by atoms with Crippen molar-refractivity contribution in [2.24, 2.45) is 5.92 Å². The molecule has 1 aliphatic heterocycles. The van der Waals surface area contributed by atoms with Crippen LogP contribution in [0.3, 0.4) is 0 Å². The zero-order chi connectivity index (χ0) is 18.4. The molecule has 138 valence electrons. The van der Waals surface area contributed by atoms with Gasteiger partial charge in [-0.25, -0.2) is 4.39 Å². The van der Waals surface area contributed by atoms with Gasteiger partial charge >= 0.3 is 0 Å². The summed E-state index contributed by atoms with van der Waals surface area (Å²) in [7, 11) is 0. The number of piperidine rings is 1. The Bertz CT molecular complexity index is 745. The molecule has 2 amide bonds. The SMILES string of the molecule is O=C(CC[C@H]1CCCN(C(=O)c2ccco2)C1)NCc1ccccc1F. The van der Waals surface area contributed by atoms with Gasteiger partial charge in [0, 0.05) is 31.6 Å². The van der Waals surface area contributed by atoms with Gasteiger partial charge in [-0.2, -0.15) is 0 Å². The molecule has 0 radical (unpaired) electrons. The second kappa shape index (κ2) is 8.65. The van der Waals surface area contributed by atoms with E-state index in [2.05, 4.69) is 5.32 Å². The first-order chi connectivity index (χ1) is 12.6. The van der Waals surface area contributed by atoms with E-state index in [0.29, 0.717) is 36.6 Å². The molecule has 1 fully saturated rings. The third-order valence-electron chi connectivity index (χ3n) is 4.75. The lowest BCUT2D eigenvalue weighted by Gasteiger charge is -2.32. The molecular weight excluding hydrogens is 335 g/mol. The second-order valence-corrected chi connectivity index (χ2v) is 6.64. The first-order valence-corrected chi connectivity index (χ1v) is 8.96. The molecule has 1 aromatic heterocycles. The Kier molecular flexibility index (Phi) is 6.04. The predicted octanol–water partition coefficient (Wildman–Crippen LogP) is 3.37. The number of likely N-dealkylation sites (tertiary alicyclic amines) is 1. The Morgan fingerprint density at radius 3 is 2.85 bits per heavy atom. The zero-order valence-electron chi connectivity index (χ0n) is 14.6. The molecular formula is C20H23FN2O3. The maximum absolute atomic E-state index is 13.6. The Hall–Kier alpha value is -2.63. The van der Waals surface area contributed by atoms with E-state index in [9.17, 15) is 14.0 Å². The molecule has 0 saturated carbocycles.